The predicted molar refractivity (Wildman–Crippen MR) is 84.2 cm³/mol. The van der Waals surface area contributed by atoms with Crippen molar-refractivity contribution in [3.05, 3.63) is 53.7 Å². The molecule has 2 heterocycles. The van der Waals surface area contributed by atoms with Gasteiger partial charge in [-0.2, -0.15) is 0 Å². The van der Waals surface area contributed by atoms with Crippen molar-refractivity contribution < 1.29 is 9.18 Å². The zero-order valence-corrected chi connectivity index (χ0v) is 12.4. The summed E-state index contributed by atoms with van der Waals surface area (Å²) in [4.78, 5) is 21.5. The van der Waals surface area contributed by atoms with Crippen molar-refractivity contribution in [2.75, 3.05) is 18.0 Å². The minimum Gasteiger partial charge on any atom is -0.333 e. The van der Waals surface area contributed by atoms with Gasteiger partial charge in [0.1, 0.15) is 23.5 Å². The van der Waals surface area contributed by atoms with Gasteiger partial charge >= 0.3 is 0 Å². The van der Waals surface area contributed by atoms with E-state index in [-0.39, 0.29) is 12.0 Å². The Balaban J connectivity index is 1.76. The number of benzene rings is 1. The molecule has 0 bridgehead atoms. The molecule has 1 aliphatic heterocycles. The van der Waals surface area contributed by atoms with Crippen molar-refractivity contribution >= 4 is 12.1 Å². The maximum atomic E-state index is 13.1. The molecule has 3 rings (SSSR count). The third-order valence-corrected chi connectivity index (χ3v) is 3.49. The number of halogens is 1. The summed E-state index contributed by atoms with van der Waals surface area (Å²) >= 11 is 0. The van der Waals surface area contributed by atoms with Crippen molar-refractivity contribution in [2.45, 2.75) is 12.6 Å². The first kappa shape index (κ1) is 15.1. The van der Waals surface area contributed by atoms with Crippen LogP contribution in [0.15, 0.2) is 36.7 Å². The molecule has 0 radical (unpaired) electrons. The van der Waals surface area contributed by atoms with Crippen LogP contribution < -0.4 is 10.2 Å². The minimum absolute atomic E-state index is 0.323. The minimum atomic E-state index is -0.373. The molecule has 0 saturated carbocycles. The van der Waals surface area contributed by atoms with Crippen LogP contribution in [0.1, 0.15) is 17.7 Å². The average Bonchev–Trinajstić information content (AvgIpc) is 2.60. The summed E-state index contributed by atoms with van der Waals surface area (Å²) in [6, 6.07) is 6.07. The lowest BCUT2D eigenvalue weighted by molar-refractivity contribution is -0.109. The van der Waals surface area contributed by atoms with Crippen LogP contribution in [-0.2, 0) is 4.79 Å². The Bertz CT molecular complexity index is 751. The molecule has 116 valence electrons. The molecule has 1 atom stereocenters. The fraction of sp³-hybridized carbons (Fsp3) is 0.235. The van der Waals surface area contributed by atoms with Gasteiger partial charge in [-0.25, -0.2) is 14.4 Å². The maximum absolute atomic E-state index is 13.1. The molecule has 6 heteroatoms. The molecule has 1 aliphatic rings. The second-order valence-electron chi connectivity index (χ2n) is 5.10. The van der Waals surface area contributed by atoms with E-state index < -0.39 is 0 Å². The monoisotopic (exact) mass is 310 g/mol. The maximum Gasteiger partial charge on any atom is 0.157 e. The van der Waals surface area contributed by atoms with E-state index in [4.69, 9.17) is 0 Å². The van der Waals surface area contributed by atoms with Gasteiger partial charge in [0.2, 0.25) is 0 Å². The molecule has 1 aromatic heterocycles. The third-order valence-electron chi connectivity index (χ3n) is 3.49. The molecule has 1 saturated heterocycles. The van der Waals surface area contributed by atoms with Crippen LogP contribution in [0, 0.1) is 17.7 Å². The van der Waals surface area contributed by atoms with Crippen LogP contribution in [0.25, 0.3) is 0 Å². The molecule has 23 heavy (non-hydrogen) atoms. The fourth-order valence-corrected chi connectivity index (χ4v) is 2.36. The topological polar surface area (TPSA) is 58.1 Å². The number of aromatic nitrogens is 2. The summed E-state index contributed by atoms with van der Waals surface area (Å²) in [7, 11) is 0. The van der Waals surface area contributed by atoms with Gasteiger partial charge < -0.3 is 4.90 Å². The average molecular weight is 310 g/mol. The smallest absolute Gasteiger partial charge is 0.157 e. The number of aldehydes is 1. The van der Waals surface area contributed by atoms with Gasteiger partial charge in [-0.3, -0.25) is 10.1 Å². The van der Waals surface area contributed by atoms with Crippen LogP contribution in [0.5, 0.6) is 0 Å². The van der Waals surface area contributed by atoms with Crippen molar-refractivity contribution in [3.8, 4) is 11.8 Å². The Morgan fingerprint density at radius 2 is 2.22 bits per heavy atom. The standard InChI is InChI=1S/C17H15FN4O/c18-14-4-1-3-13(9-14)5-6-15-10-21-16(11-20-15)22-8-2-7-19-17(22)12-23/h1,3-4,9-12,17,19H,2,7-8H2. The molecule has 5 nitrogen and oxygen atoms in total. The van der Waals surface area contributed by atoms with Gasteiger partial charge in [-0.1, -0.05) is 12.0 Å². The molecule has 0 aliphatic carbocycles. The van der Waals surface area contributed by atoms with E-state index in [1.54, 1.807) is 24.5 Å². The van der Waals surface area contributed by atoms with Crippen molar-refractivity contribution in [2.24, 2.45) is 0 Å². The normalized spacial score (nSPS) is 17.3. The van der Waals surface area contributed by atoms with E-state index in [1.807, 2.05) is 4.90 Å². The largest absolute Gasteiger partial charge is 0.333 e. The first-order valence-corrected chi connectivity index (χ1v) is 7.31. The molecule has 1 N–H and O–H groups in total. The Kier molecular flexibility index (Phi) is 4.60. The highest BCUT2D eigenvalue weighted by Gasteiger charge is 2.22. The fourth-order valence-electron chi connectivity index (χ4n) is 2.36. The SMILES string of the molecule is O=CC1NCCCN1c1cnc(C#Cc2cccc(F)c2)cn1. The van der Waals surface area contributed by atoms with E-state index in [2.05, 4.69) is 27.1 Å². The second kappa shape index (κ2) is 6.99. The molecule has 2 aromatic rings. The van der Waals surface area contributed by atoms with E-state index in [0.29, 0.717) is 17.1 Å². The lowest BCUT2D eigenvalue weighted by atomic mass is 10.2. The molecule has 1 aromatic carbocycles. The zero-order valence-electron chi connectivity index (χ0n) is 12.4. The van der Waals surface area contributed by atoms with Gasteiger partial charge in [0, 0.05) is 12.1 Å². The summed E-state index contributed by atoms with van der Waals surface area (Å²) in [5.41, 5.74) is 1.07. The summed E-state index contributed by atoms with van der Waals surface area (Å²) < 4.78 is 13.1. The molecule has 1 unspecified atom stereocenters. The highest BCUT2D eigenvalue weighted by Crippen LogP contribution is 2.14. The quantitative estimate of drug-likeness (QED) is 0.670. The Morgan fingerprint density at radius 1 is 1.30 bits per heavy atom. The van der Waals surface area contributed by atoms with Gasteiger partial charge in [0.05, 0.1) is 12.4 Å². The zero-order chi connectivity index (χ0) is 16.1. The summed E-state index contributed by atoms with van der Waals surface area (Å²) in [6.45, 7) is 1.56. The van der Waals surface area contributed by atoms with E-state index >= 15 is 0 Å². The number of hydrogen-bond donors (Lipinski definition) is 1. The number of nitrogens with one attached hydrogen (secondary N) is 1. The van der Waals surface area contributed by atoms with Gasteiger partial charge in [0.15, 0.2) is 6.29 Å². The van der Waals surface area contributed by atoms with Crippen LogP contribution in [0.2, 0.25) is 0 Å². The predicted octanol–water partition coefficient (Wildman–Crippen LogP) is 1.34. The lowest BCUT2D eigenvalue weighted by Gasteiger charge is -2.33. The van der Waals surface area contributed by atoms with E-state index in [1.165, 1.54) is 12.1 Å². The van der Waals surface area contributed by atoms with Crippen molar-refractivity contribution in [1.82, 2.24) is 15.3 Å². The molecular formula is C17H15FN4O. The van der Waals surface area contributed by atoms with Crippen LogP contribution in [0.4, 0.5) is 10.2 Å². The summed E-state index contributed by atoms with van der Waals surface area (Å²) in [5, 5.41) is 3.11. The van der Waals surface area contributed by atoms with E-state index in [0.717, 1.165) is 25.8 Å². The highest BCUT2D eigenvalue weighted by molar-refractivity contribution is 5.64. The van der Waals surface area contributed by atoms with Crippen molar-refractivity contribution in [3.63, 3.8) is 0 Å². The molecule has 0 spiro atoms. The highest BCUT2D eigenvalue weighted by atomic mass is 19.1. The van der Waals surface area contributed by atoms with E-state index in [9.17, 15) is 9.18 Å². The Labute approximate surface area is 133 Å². The molecule has 0 amide bonds. The van der Waals surface area contributed by atoms with Gasteiger partial charge in [-0.05, 0) is 37.1 Å². The van der Waals surface area contributed by atoms with Crippen LogP contribution >= 0.6 is 0 Å². The van der Waals surface area contributed by atoms with Gasteiger partial charge in [0.25, 0.3) is 0 Å². The Hall–Kier alpha value is -2.78. The first-order valence-electron chi connectivity index (χ1n) is 7.31. The van der Waals surface area contributed by atoms with Crippen molar-refractivity contribution in [1.29, 1.82) is 0 Å². The molecular weight excluding hydrogens is 295 g/mol. The third kappa shape index (κ3) is 3.71. The second-order valence-corrected chi connectivity index (χ2v) is 5.10. The number of carbonyl (C=O) groups excluding carboxylic acids is 1. The summed E-state index contributed by atoms with van der Waals surface area (Å²) in [5.74, 6) is 6.00. The lowest BCUT2D eigenvalue weighted by Crippen LogP contribution is -2.52. The number of hydrogen-bond acceptors (Lipinski definition) is 5. The molecule has 1 fully saturated rings. The summed E-state index contributed by atoms with van der Waals surface area (Å²) in [6.07, 6.45) is 4.57. The van der Waals surface area contributed by atoms with Gasteiger partial charge in [-0.15, -0.1) is 0 Å². The van der Waals surface area contributed by atoms with Crippen LogP contribution in [-0.4, -0.2) is 35.5 Å². The first-order chi connectivity index (χ1) is 11.3. The Morgan fingerprint density at radius 3 is 2.96 bits per heavy atom. The van der Waals surface area contributed by atoms with Crippen LogP contribution in [0.3, 0.4) is 0 Å². The number of anilines is 1. The number of rotatable bonds is 2. The number of carbonyl (C=O) groups is 1. The number of nitrogens with zero attached hydrogens (tertiary/aromatic N) is 3.